The molecule has 0 aliphatic rings. The molecule has 7 heteroatoms. The molecule has 0 unspecified atom stereocenters. The first-order valence-corrected chi connectivity index (χ1v) is 6.85. The first-order valence-electron chi connectivity index (χ1n) is 6.85. The Balaban J connectivity index is 2.03. The highest BCUT2D eigenvalue weighted by Crippen LogP contribution is 2.13. The zero-order chi connectivity index (χ0) is 16.7. The normalized spacial score (nSPS) is 11.1. The van der Waals surface area contributed by atoms with Crippen molar-refractivity contribution in [2.75, 3.05) is 6.61 Å². The largest absolute Gasteiger partial charge is 0.502 e. The lowest BCUT2D eigenvalue weighted by molar-refractivity contribution is -0.141. The fourth-order valence-electron chi connectivity index (χ4n) is 1.65. The zero-order valence-electron chi connectivity index (χ0n) is 12.4. The van der Waals surface area contributed by atoms with Crippen molar-refractivity contribution in [2.24, 2.45) is 0 Å². The van der Waals surface area contributed by atoms with Gasteiger partial charge in [-0.25, -0.2) is 19.2 Å². The molecule has 23 heavy (non-hydrogen) atoms. The van der Waals surface area contributed by atoms with Crippen molar-refractivity contribution >= 4 is 12.0 Å². The topological polar surface area (TPSA) is 81.5 Å². The molecule has 2 aromatic rings. The molecule has 0 radical (unpaired) electrons. The van der Waals surface area contributed by atoms with Crippen molar-refractivity contribution in [3.05, 3.63) is 59.5 Å². The summed E-state index contributed by atoms with van der Waals surface area (Å²) in [5.74, 6) is -1.46. The minimum Gasteiger partial charge on any atom is -0.502 e. The van der Waals surface area contributed by atoms with Gasteiger partial charge in [0, 0.05) is 12.1 Å². The molecule has 0 aliphatic carbocycles. The predicted molar refractivity (Wildman–Crippen MR) is 80.0 cm³/mol. The second-order valence-corrected chi connectivity index (χ2v) is 4.45. The average molecular weight is 318 g/mol. The molecule has 0 bridgehead atoms. The van der Waals surface area contributed by atoms with E-state index in [1.54, 1.807) is 19.1 Å². The lowest BCUT2D eigenvalue weighted by atomic mass is 10.2. The Labute approximate surface area is 132 Å². The molecule has 0 aliphatic heterocycles. The van der Waals surface area contributed by atoms with Gasteiger partial charge in [-0.3, -0.25) is 0 Å². The van der Waals surface area contributed by atoms with E-state index in [9.17, 15) is 14.3 Å². The van der Waals surface area contributed by atoms with Crippen LogP contribution in [0, 0.1) is 5.82 Å². The van der Waals surface area contributed by atoms with E-state index in [2.05, 4.69) is 14.7 Å². The van der Waals surface area contributed by atoms with E-state index in [0.717, 1.165) is 11.6 Å². The van der Waals surface area contributed by atoms with Gasteiger partial charge in [0.15, 0.2) is 0 Å². The number of benzene rings is 1. The number of hydrogen-bond acceptors (Lipinski definition) is 6. The quantitative estimate of drug-likeness (QED) is 0.501. The maximum absolute atomic E-state index is 12.8. The van der Waals surface area contributed by atoms with Gasteiger partial charge in [0.25, 0.3) is 0 Å². The van der Waals surface area contributed by atoms with Gasteiger partial charge in [0.1, 0.15) is 18.8 Å². The minimum absolute atomic E-state index is 0.159. The second-order valence-electron chi connectivity index (χ2n) is 4.45. The average Bonchev–Trinajstić information content (AvgIpc) is 2.55. The molecule has 6 nitrogen and oxygen atoms in total. The summed E-state index contributed by atoms with van der Waals surface area (Å²) >= 11 is 0. The number of aromatic nitrogens is 2. The van der Waals surface area contributed by atoms with Crippen LogP contribution in [0.2, 0.25) is 0 Å². The Kier molecular flexibility index (Phi) is 5.62. The van der Waals surface area contributed by atoms with E-state index in [1.807, 2.05) is 0 Å². The number of ether oxygens (including phenoxy) is 2. The summed E-state index contributed by atoms with van der Waals surface area (Å²) in [6, 6.07) is 7.33. The highest BCUT2D eigenvalue weighted by atomic mass is 19.1. The van der Waals surface area contributed by atoms with Gasteiger partial charge >= 0.3 is 5.97 Å². The van der Waals surface area contributed by atoms with Crippen LogP contribution in [0.3, 0.4) is 0 Å². The first kappa shape index (κ1) is 16.4. The number of aliphatic hydroxyl groups excluding tert-OH is 1. The Morgan fingerprint density at radius 3 is 2.74 bits per heavy atom. The monoisotopic (exact) mass is 318 g/mol. The van der Waals surface area contributed by atoms with Crippen LogP contribution < -0.4 is 4.74 Å². The molecule has 1 aromatic heterocycles. The van der Waals surface area contributed by atoms with Crippen LogP contribution in [-0.4, -0.2) is 27.7 Å². The molecule has 0 saturated heterocycles. The van der Waals surface area contributed by atoms with Crippen LogP contribution in [0.25, 0.3) is 6.08 Å². The Morgan fingerprint density at radius 1 is 1.30 bits per heavy atom. The molecule has 0 saturated carbocycles. The number of aliphatic hydroxyl groups is 1. The lowest BCUT2D eigenvalue weighted by Gasteiger charge is -2.06. The Bertz CT molecular complexity index is 701. The summed E-state index contributed by atoms with van der Waals surface area (Å²) in [4.78, 5) is 19.2. The summed E-state index contributed by atoms with van der Waals surface area (Å²) in [6.07, 6.45) is 2.40. The van der Waals surface area contributed by atoms with Gasteiger partial charge in [0.05, 0.1) is 12.3 Å². The Hall–Kier alpha value is -2.96. The van der Waals surface area contributed by atoms with Crippen molar-refractivity contribution in [3.63, 3.8) is 0 Å². The van der Waals surface area contributed by atoms with Crippen molar-refractivity contribution in [3.8, 4) is 5.88 Å². The third-order valence-corrected chi connectivity index (χ3v) is 2.73. The Morgan fingerprint density at radius 2 is 2.04 bits per heavy atom. The highest BCUT2D eigenvalue weighted by molar-refractivity contribution is 5.90. The van der Waals surface area contributed by atoms with E-state index in [4.69, 9.17) is 4.74 Å². The molecule has 1 aromatic carbocycles. The number of carbonyl (C=O) groups is 1. The van der Waals surface area contributed by atoms with Crippen LogP contribution >= 0.6 is 0 Å². The third kappa shape index (κ3) is 5.06. The predicted octanol–water partition coefficient (Wildman–Crippen LogP) is 2.66. The second kappa shape index (κ2) is 7.88. The van der Waals surface area contributed by atoms with E-state index >= 15 is 0 Å². The molecule has 2 rings (SSSR count). The van der Waals surface area contributed by atoms with Crippen molar-refractivity contribution in [1.82, 2.24) is 9.97 Å². The minimum atomic E-state index is -0.833. The highest BCUT2D eigenvalue weighted by Gasteiger charge is 2.09. The van der Waals surface area contributed by atoms with Crippen LogP contribution in [-0.2, 0) is 16.1 Å². The zero-order valence-corrected chi connectivity index (χ0v) is 12.4. The fourth-order valence-corrected chi connectivity index (χ4v) is 1.65. The van der Waals surface area contributed by atoms with Crippen LogP contribution in [0.4, 0.5) is 4.39 Å². The van der Waals surface area contributed by atoms with Gasteiger partial charge in [-0.1, -0.05) is 12.1 Å². The molecule has 0 atom stereocenters. The molecule has 1 N–H and O–H groups in total. The van der Waals surface area contributed by atoms with E-state index < -0.39 is 11.7 Å². The van der Waals surface area contributed by atoms with Crippen LogP contribution in [0.5, 0.6) is 5.88 Å². The number of carbonyl (C=O) groups excluding carboxylic acids is 1. The standard InChI is InChI=1S/C16H15FN2O4/c1-2-22-16(21)14(20)7-13-8-15(19-10-18-13)23-9-11-3-5-12(17)6-4-11/h3-8,10,20H,2,9H2,1H3/b14-7-. The van der Waals surface area contributed by atoms with Gasteiger partial charge < -0.3 is 14.6 Å². The SMILES string of the molecule is CCOC(=O)/C(O)=C/c1cc(OCc2ccc(F)cc2)ncn1. The summed E-state index contributed by atoms with van der Waals surface area (Å²) in [6.45, 7) is 1.99. The molecule has 1 heterocycles. The fraction of sp³-hybridized carbons (Fsp3) is 0.188. The van der Waals surface area contributed by atoms with Crippen molar-refractivity contribution in [1.29, 1.82) is 0 Å². The van der Waals surface area contributed by atoms with Crippen molar-refractivity contribution in [2.45, 2.75) is 13.5 Å². The third-order valence-electron chi connectivity index (χ3n) is 2.73. The molecular weight excluding hydrogens is 303 g/mol. The van der Waals surface area contributed by atoms with Crippen molar-refractivity contribution < 1.29 is 23.8 Å². The maximum Gasteiger partial charge on any atom is 0.373 e. The first-order chi connectivity index (χ1) is 11.1. The van der Waals surface area contributed by atoms with Crippen LogP contribution in [0.15, 0.2) is 42.4 Å². The summed E-state index contributed by atoms with van der Waals surface area (Å²) in [7, 11) is 0. The van der Waals surface area contributed by atoms with Gasteiger partial charge in [-0.05, 0) is 24.6 Å². The van der Waals surface area contributed by atoms with E-state index in [0.29, 0.717) is 5.69 Å². The molecular formula is C16H15FN2O4. The van der Waals surface area contributed by atoms with E-state index in [-0.39, 0.29) is 24.9 Å². The number of halogens is 1. The number of rotatable bonds is 6. The van der Waals surface area contributed by atoms with Gasteiger partial charge in [-0.2, -0.15) is 0 Å². The van der Waals surface area contributed by atoms with Crippen LogP contribution in [0.1, 0.15) is 18.2 Å². The molecule has 0 fully saturated rings. The van der Waals surface area contributed by atoms with Gasteiger partial charge in [-0.15, -0.1) is 0 Å². The number of esters is 1. The summed E-state index contributed by atoms with van der Waals surface area (Å²) in [5.41, 5.74) is 1.07. The number of nitrogens with zero attached hydrogens (tertiary/aromatic N) is 2. The molecule has 0 spiro atoms. The van der Waals surface area contributed by atoms with Gasteiger partial charge in [0.2, 0.25) is 11.6 Å². The summed E-state index contributed by atoms with van der Waals surface area (Å²) in [5, 5.41) is 9.58. The number of hydrogen-bond donors (Lipinski definition) is 1. The smallest absolute Gasteiger partial charge is 0.373 e. The lowest BCUT2D eigenvalue weighted by Crippen LogP contribution is -2.07. The van der Waals surface area contributed by atoms with E-state index in [1.165, 1.54) is 24.5 Å². The molecule has 0 amide bonds. The summed E-state index contributed by atoms with van der Waals surface area (Å²) < 4.78 is 22.9. The molecule has 120 valence electrons. The maximum atomic E-state index is 12.8.